The van der Waals surface area contributed by atoms with Gasteiger partial charge >= 0.3 is 0 Å². The Morgan fingerprint density at radius 2 is 1.75 bits per heavy atom. The van der Waals surface area contributed by atoms with E-state index in [0.717, 1.165) is 0 Å². The van der Waals surface area contributed by atoms with Gasteiger partial charge in [-0.25, -0.2) is 0 Å². The Kier molecular flexibility index (Phi) is 3.13. The molecule has 0 aliphatic carbocycles. The first kappa shape index (κ1) is 10.4. The zero-order valence-electron chi connectivity index (χ0n) is 5.69. The number of aliphatic hydroxyl groups is 1. The van der Waals surface area contributed by atoms with E-state index in [1.54, 1.807) is 6.07 Å². The van der Waals surface area contributed by atoms with Crippen LogP contribution in [0.3, 0.4) is 0 Å². The molecule has 1 rings (SSSR count). The van der Waals surface area contributed by atoms with Crippen molar-refractivity contribution in [3.8, 4) is 0 Å². The van der Waals surface area contributed by atoms with Crippen molar-refractivity contribution < 1.29 is 5.11 Å². The largest absolute Gasteiger partial charge is 0.359 e. The van der Waals surface area contributed by atoms with Crippen LogP contribution in [0.25, 0.3) is 0 Å². The fraction of sp³-hybridized carbons (Fsp3) is 0.143. The van der Waals surface area contributed by atoms with Gasteiger partial charge in [0.2, 0.25) is 4.52 Å². The standard InChI is InChI=1S/C7H4Cl4O/c8-4-1-2-5(6(9)3-4)7(10,11)12/h1-3,12H. The van der Waals surface area contributed by atoms with Gasteiger partial charge in [0.05, 0.1) is 5.02 Å². The maximum absolute atomic E-state index is 9.16. The van der Waals surface area contributed by atoms with Crippen LogP contribution in [0.4, 0.5) is 0 Å². The van der Waals surface area contributed by atoms with E-state index in [2.05, 4.69) is 0 Å². The van der Waals surface area contributed by atoms with Gasteiger partial charge in [-0.3, -0.25) is 0 Å². The second-order valence-electron chi connectivity index (χ2n) is 2.17. The van der Waals surface area contributed by atoms with Crippen molar-refractivity contribution in [2.24, 2.45) is 0 Å². The van der Waals surface area contributed by atoms with Gasteiger partial charge in [0.25, 0.3) is 0 Å². The number of hydrogen-bond acceptors (Lipinski definition) is 1. The van der Waals surface area contributed by atoms with Crippen LogP contribution in [0.2, 0.25) is 10.0 Å². The number of rotatable bonds is 1. The highest BCUT2D eigenvalue weighted by atomic mass is 35.5. The van der Waals surface area contributed by atoms with Crippen LogP contribution in [0.1, 0.15) is 5.56 Å². The molecule has 0 atom stereocenters. The molecule has 0 unspecified atom stereocenters. The van der Waals surface area contributed by atoms with Crippen LogP contribution in [0.5, 0.6) is 0 Å². The van der Waals surface area contributed by atoms with Crippen LogP contribution in [0.15, 0.2) is 18.2 Å². The van der Waals surface area contributed by atoms with Crippen LogP contribution >= 0.6 is 46.4 Å². The Hall–Kier alpha value is 0.340. The normalized spacial score (nSPS) is 11.8. The molecule has 1 N–H and O–H groups in total. The first-order valence-corrected chi connectivity index (χ1v) is 4.48. The third-order valence-electron chi connectivity index (χ3n) is 1.26. The van der Waals surface area contributed by atoms with Crippen molar-refractivity contribution in [3.05, 3.63) is 33.8 Å². The zero-order valence-corrected chi connectivity index (χ0v) is 8.71. The molecule has 0 aromatic heterocycles. The van der Waals surface area contributed by atoms with E-state index in [9.17, 15) is 0 Å². The Morgan fingerprint density at radius 1 is 1.17 bits per heavy atom. The fourth-order valence-corrected chi connectivity index (χ4v) is 1.70. The SMILES string of the molecule is OC(Cl)(Cl)c1ccc(Cl)cc1Cl. The van der Waals surface area contributed by atoms with Crippen molar-refractivity contribution >= 4 is 46.4 Å². The molecule has 12 heavy (non-hydrogen) atoms. The third kappa shape index (κ3) is 2.41. The van der Waals surface area contributed by atoms with Gasteiger partial charge in [0, 0.05) is 10.6 Å². The minimum absolute atomic E-state index is 0.219. The summed E-state index contributed by atoms with van der Waals surface area (Å²) in [7, 11) is 0. The summed E-state index contributed by atoms with van der Waals surface area (Å²) in [5, 5.41) is 9.86. The molecule has 0 saturated carbocycles. The molecule has 0 saturated heterocycles. The summed E-state index contributed by atoms with van der Waals surface area (Å²) in [4.78, 5) is 0. The quantitative estimate of drug-likeness (QED) is 0.750. The van der Waals surface area contributed by atoms with Crippen LogP contribution < -0.4 is 0 Å². The molecule has 0 spiro atoms. The molecule has 66 valence electrons. The minimum atomic E-state index is -1.97. The second-order valence-corrected chi connectivity index (χ2v) is 4.30. The lowest BCUT2D eigenvalue weighted by atomic mass is 10.2. The van der Waals surface area contributed by atoms with Crippen LogP contribution in [0, 0.1) is 0 Å². The van der Waals surface area contributed by atoms with E-state index >= 15 is 0 Å². The number of halogens is 4. The van der Waals surface area contributed by atoms with Crippen molar-refractivity contribution in [2.45, 2.75) is 4.52 Å². The highest BCUT2D eigenvalue weighted by Crippen LogP contribution is 2.36. The minimum Gasteiger partial charge on any atom is -0.359 e. The molecule has 1 aromatic rings. The van der Waals surface area contributed by atoms with E-state index in [1.165, 1.54) is 12.1 Å². The Balaban J connectivity index is 3.19. The Labute approximate surface area is 89.8 Å². The van der Waals surface area contributed by atoms with Gasteiger partial charge in [-0.1, -0.05) is 52.5 Å². The molecule has 0 fully saturated rings. The summed E-state index contributed by atoms with van der Waals surface area (Å²) >= 11 is 22.1. The molecule has 0 radical (unpaired) electrons. The van der Waals surface area contributed by atoms with E-state index in [4.69, 9.17) is 51.5 Å². The van der Waals surface area contributed by atoms with Crippen LogP contribution in [-0.4, -0.2) is 5.11 Å². The average Bonchev–Trinajstić information content (AvgIpc) is 1.83. The summed E-state index contributed by atoms with van der Waals surface area (Å²) in [6, 6.07) is 4.46. The maximum Gasteiger partial charge on any atom is 0.243 e. The molecular weight excluding hydrogens is 242 g/mol. The highest BCUT2D eigenvalue weighted by Gasteiger charge is 2.25. The molecular formula is C7H4Cl4O. The van der Waals surface area contributed by atoms with Gasteiger partial charge in [-0.15, -0.1) is 0 Å². The molecule has 0 bridgehead atoms. The van der Waals surface area contributed by atoms with E-state index in [-0.39, 0.29) is 10.6 Å². The van der Waals surface area contributed by atoms with Crippen molar-refractivity contribution in [1.29, 1.82) is 0 Å². The molecule has 5 heteroatoms. The molecule has 1 aromatic carbocycles. The Morgan fingerprint density at radius 3 is 2.17 bits per heavy atom. The molecule has 1 nitrogen and oxygen atoms in total. The predicted molar refractivity (Wildman–Crippen MR) is 52.1 cm³/mol. The molecule has 0 amide bonds. The summed E-state index contributed by atoms with van der Waals surface area (Å²) in [6.07, 6.45) is 0. The van der Waals surface area contributed by atoms with Crippen LogP contribution in [-0.2, 0) is 4.52 Å². The maximum atomic E-state index is 9.16. The van der Waals surface area contributed by atoms with E-state index < -0.39 is 4.52 Å². The highest BCUT2D eigenvalue weighted by molar-refractivity contribution is 6.48. The molecule has 0 aliphatic rings. The number of alkyl halides is 2. The lowest BCUT2D eigenvalue weighted by molar-refractivity contribution is 0.218. The summed E-state index contributed by atoms with van der Waals surface area (Å²) in [6.45, 7) is 0. The van der Waals surface area contributed by atoms with Crippen molar-refractivity contribution in [2.75, 3.05) is 0 Å². The van der Waals surface area contributed by atoms with Gasteiger partial charge in [0.1, 0.15) is 0 Å². The van der Waals surface area contributed by atoms with Gasteiger partial charge in [-0.05, 0) is 12.1 Å². The van der Waals surface area contributed by atoms with E-state index in [0.29, 0.717) is 5.02 Å². The average molecular weight is 246 g/mol. The third-order valence-corrected chi connectivity index (χ3v) is 2.21. The monoisotopic (exact) mass is 244 g/mol. The first-order valence-electron chi connectivity index (χ1n) is 2.97. The Bertz CT molecular complexity index is 292. The lowest BCUT2D eigenvalue weighted by Crippen LogP contribution is -2.08. The summed E-state index contributed by atoms with van der Waals surface area (Å²) in [5.41, 5.74) is 0.219. The first-order chi connectivity index (χ1) is 5.41. The number of benzene rings is 1. The smallest absolute Gasteiger partial charge is 0.243 e. The van der Waals surface area contributed by atoms with Crippen molar-refractivity contribution in [1.82, 2.24) is 0 Å². The molecule has 0 heterocycles. The zero-order chi connectivity index (χ0) is 9.35. The lowest BCUT2D eigenvalue weighted by Gasteiger charge is -2.13. The van der Waals surface area contributed by atoms with E-state index in [1.807, 2.05) is 0 Å². The van der Waals surface area contributed by atoms with Crippen molar-refractivity contribution in [3.63, 3.8) is 0 Å². The van der Waals surface area contributed by atoms with Gasteiger partial charge in [0.15, 0.2) is 0 Å². The van der Waals surface area contributed by atoms with Gasteiger partial charge < -0.3 is 5.11 Å². The number of hydrogen-bond donors (Lipinski definition) is 1. The summed E-state index contributed by atoms with van der Waals surface area (Å²) in [5.74, 6) is 0. The summed E-state index contributed by atoms with van der Waals surface area (Å²) < 4.78 is -1.97. The predicted octanol–water partition coefficient (Wildman–Crippen LogP) is 3.57. The second kappa shape index (κ2) is 3.60. The fourth-order valence-electron chi connectivity index (χ4n) is 0.733. The van der Waals surface area contributed by atoms with Gasteiger partial charge in [-0.2, -0.15) is 0 Å². The topological polar surface area (TPSA) is 20.2 Å². The molecule has 0 aliphatic heterocycles.